The molecular formula is C32H35ClF2N6O2S. The molecule has 1 amide bonds. The molecule has 2 saturated heterocycles. The van der Waals surface area contributed by atoms with E-state index in [2.05, 4.69) is 26.3 Å². The quantitative estimate of drug-likeness (QED) is 0.364. The number of carbonyl (C=O) groups is 1. The Morgan fingerprint density at radius 1 is 1.14 bits per heavy atom. The first-order valence-electron chi connectivity index (χ1n) is 15.2. The second-order valence-electron chi connectivity index (χ2n) is 12.2. The van der Waals surface area contributed by atoms with Gasteiger partial charge in [0.25, 0.3) is 0 Å². The summed E-state index contributed by atoms with van der Waals surface area (Å²) in [5.41, 5.74) is 0.966. The lowest BCUT2D eigenvalue weighted by atomic mass is 10.0. The van der Waals surface area contributed by atoms with Gasteiger partial charge in [-0.3, -0.25) is 19.2 Å². The molecule has 1 saturated carbocycles. The maximum Gasteiger partial charge on any atom is 0.350 e. The van der Waals surface area contributed by atoms with Crippen LogP contribution >= 0.6 is 23.4 Å². The molecule has 4 aliphatic rings. The molecule has 232 valence electrons. The van der Waals surface area contributed by atoms with Crippen LogP contribution in [0.2, 0.25) is 5.02 Å². The zero-order valence-electron chi connectivity index (χ0n) is 24.6. The van der Waals surface area contributed by atoms with Gasteiger partial charge in [-0.1, -0.05) is 18.2 Å². The van der Waals surface area contributed by atoms with E-state index < -0.39 is 11.6 Å². The zero-order valence-corrected chi connectivity index (χ0v) is 26.2. The Balaban J connectivity index is 1.33. The molecule has 1 aliphatic carbocycles. The molecule has 4 heterocycles. The van der Waals surface area contributed by atoms with Crippen LogP contribution in [0.1, 0.15) is 25.8 Å². The molecule has 12 heteroatoms. The van der Waals surface area contributed by atoms with E-state index >= 15 is 4.39 Å². The van der Waals surface area contributed by atoms with Crippen molar-refractivity contribution < 1.29 is 13.6 Å². The van der Waals surface area contributed by atoms with Gasteiger partial charge >= 0.3 is 5.69 Å². The summed E-state index contributed by atoms with van der Waals surface area (Å²) in [6, 6.07) is 5.73. The molecule has 0 bridgehead atoms. The van der Waals surface area contributed by atoms with Crippen molar-refractivity contribution in [3.05, 3.63) is 64.1 Å². The summed E-state index contributed by atoms with van der Waals surface area (Å²) in [5, 5.41) is 1.02. The first-order chi connectivity index (χ1) is 21.2. The lowest BCUT2D eigenvalue weighted by Crippen LogP contribution is -2.54. The lowest BCUT2D eigenvalue weighted by Gasteiger charge is -2.41. The number of hydrogen-bond donors (Lipinski definition) is 0. The summed E-state index contributed by atoms with van der Waals surface area (Å²) >= 11 is 8.49. The van der Waals surface area contributed by atoms with Gasteiger partial charge in [0.15, 0.2) is 0 Å². The maximum atomic E-state index is 15.2. The van der Waals surface area contributed by atoms with E-state index in [-0.39, 0.29) is 29.2 Å². The number of rotatable bonds is 6. The van der Waals surface area contributed by atoms with Crippen LogP contribution in [0, 0.1) is 11.6 Å². The van der Waals surface area contributed by atoms with E-state index in [0.29, 0.717) is 64.1 Å². The van der Waals surface area contributed by atoms with Gasteiger partial charge in [-0.25, -0.2) is 13.6 Å². The van der Waals surface area contributed by atoms with E-state index in [1.54, 1.807) is 27.3 Å². The number of anilines is 1. The molecule has 7 rings (SSSR count). The largest absolute Gasteiger partial charge is 0.350 e. The maximum absolute atomic E-state index is 15.2. The number of halogens is 3. The van der Waals surface area contributed by atoms with Crippen LogP contribution in [-0.2, 0) is 4.79 Å². The van der Waals surface area contributed by atoms with E-state index in [1.807, 2.05) is 6.92 Å². The second-order valence-corrected chi connectivity index (χ2v) is 13.7. The number of benzene rings is 2. The Bertz CT molecular complexity index is 1710. The van der Waals surface area contributed by atoms with E-state index in [1.165, 1.54) is 31.1 Å². The summed E-state index contributed by atoms with van der Waals surface area (Å²) in [5.74, 6) is -0.405. The topological polar surface area (TPSA) is 64.9 Å². The van der Waals surface area contributed by atoms with Crippen LogP contribution in [0.25, 0.3) is 22.0 Å². The van der Waals surface area contributed by atoms with Crippen LogP contribution in [0.3, 0.4) is 0 Å². The number of carbonyl (C=O) groups excluding carboxylic acids is 1. The molecule has 2 atom stereocenters. The smallest absolute Gasteiger partial charge is 0.350 e. The van der Waals surface area contributed by atoms with Gasteiger partial charge in [0.2, 0.25) is 5.91 Å². The van der Waals surface area contributed by atoms with Crippen molar-refractivity contribution in [3.8, 4) is 11.1 Å². The number of amides is 1. The summed E-state index contributed by atoms with van der Waals surface area (Å²) in [6.07, 6.45) is 3.90. The molecule has 0 spiro atoms. The highest BCUT2D eigenvalue weighted by Gasteiger charge is 2.36. The average molecular weight is 641 g/mol. The summed E-state index contributed by atoms with van der Waals surface area (Å²) in [4.78, 5) is 40.5. The molecule has 0 N–H and O–H groups in total. The van der Waals surface area contributed by atoms with Crippen molar-refractivity contribution in [1.82, 2.24) is 24.3 Å². The molecule has 44 heavy (non-hydrogen) atoms. The van der Waals surface area contributed by atoms with Gasteiger partial charge in [-0.15, -0.1) is 11.8 Å². The third-order valence-corrected chi connectivity index (χ3v) is 10.9. The summed E-state index contributed by atoms with van der Waals surface area (Å²) < 4.78 is 30.9. The van der Waals surface area contributed by atoms with E-state index in [4.69, 9.17) is 11.6 Å². The zero-order chi connectivity index (χ0) is 30.7. The van der Waals surface area contributed by atoms with Gasteiger partial charge in [0.05, 0.1) is 16.6 Å². The van der Waals surface area contributed by atoms with E-state index in [0.717, 1.165) is 38.3 Å². The molecular weight excluding hydrogens is 606 g/mol. The van der Waals surface area contributed by atoms with Gasteiger partial charge in [-0.2, -0.15) is 4.98 Å². The standard InChI is InChI=1S/C32H35ClF2N6O2S/c1-3-27(42)39-12-13-40(19(2)16-39)31-24-15-25(33)28(23-7-4-20(34)14-26(23)35)30-29(24)41(32(43)36-31)22(18-44-30)17-37-8-10-38(11-9-37)21-5-6-21/h3-4,7,14-15,19,21-22H,1,5-6,8-13,16-18H2,2H3/t19-,22-/m0/s1. The average Bonchev–Trinajstić information content (AvgIpc) is 3.86. The fraction of sp³-hybridized carbons (Fsp3) is 0.469. The van der Waals surface area contributed by atoms with Crippen LogP contribution < -0.4 is 10.6 Å². The fourth-order valence-electron chi connectivity index (χ4n) is 7.01. The van der Waals surface area contributed by atoms with E-state index in [9.17, 15) is 14.0 Å². The molecule has 3 aliphatic heterocycles. The molecule has 3 aromatic rings. The molecule has 1 aromatic heterocycles. The number of piperazine rings is 2. The van der Waals surface area contributed by atoms with Crippen molar-refractivity contribution in [2.45, 2.75) is 42.8 Å². The van der Waals surface area contributed by atoms with Crippen LogP contribution in [-0.4, -0.2) is 100 Å². The van der Waals surface area contributed by atoms with Crippen molar-refractivity contribution >= 4 is 46.0 Å². The predicted molar refractivity (Wildman–Crippen MR) is 171 cm³/mol. The number of hydrogen-bond acceptors (Lipinski definition) is 7. The highest BCUT2D eigenvalue weighted by atomic mass is 35.5. The third-order valence-electron chi connectivity index (χ3n) is 9.41. The first kappa shape index (κ1) is 29.7. The normalized spacial score (nSPS) is 22.9. The minimum absolute atomic E-state index is 0.121. The molecule has 2 aromatic carbocycles. The summed E-state index contributed by atoms with van der Waals surface area (Å²) in [6.45, 7) is 11.7. The van der Waals surface area contributed by atoms with Gasteiger partial charge < -0.3 is 9.80 Å². The lowest BCUT2D eigenvalue weighted by molar-refractivity contribution is -0.126. The molecule has 8 nitrogen and oxygen atoms in total. The van der Waals surface area contributed by atoms with Crippen LogP contribution in [0.5, 0.6) is 0 Å². The Morgan fingerprint density at radius 2 is 1.91 bits per heavy atom. The molecule has 3 fully saturated rings. The summed E-state index contributed by atoms with van der Waals surface area (Å²) in [7, 11) is 0. The number of thioether (sulfide) groups is 1. The van der Waals surface area contributed by atoms with Crippen molar-refractivity contribution in [2.75, 3.05) is 63.0 Å². The SMILES string of the molecule is C=CC(=O)N1CCN(c2nc(=O)n3c4c(c(-c5ccc(F)cc5F)c(Cl)cc24)SC[C@@H]3CN2CCN(C3CC3)CC2)[C@@H](C)C1. The van der Waals surface area contributed by atoms with Gasteiger partial charge in [0.1, 0.15) is 17.5 Å². The fourth-order valence-corrected chi connectivity index (χ4v) is 8.69. The Hall–Kier alpha value is -2.99. The van der Waals surface area contributed by atoms with Gasteiger partial charge in [0, 0.05) is 97.7 Å². The Morgan fingerprint density at radius 3 is 2.59 bits per heavy atom. The Labute approximate surface area is 264 Å². The first-order valence-corrected chi connectivity index (χ1v) is 16.6. The van der Waals surface area contributed by atoms with Crippen LogP contribution in [0.15, 0.2) is 46.6 Å². The van der Waals surface area contributed by atoms with Gasteiger partial charge in [-0.05, 0) is 44.0 Å². The van der Waals surface area contributed by atoms with Crippen molar-refractivity contribution in [1.29, 1.82) is 0 Å². The highest BCUT2D eigenvalue weighted by Crippen LogP contribution is 2.48. The van der Waals surface area contributed by atoms with Crippen LogP contribution in [0.4, 0.5) is 14.6 Å². The minimum Gasteiger partial charge on any atom is -0.350 e. The highest BCUT2D eigenvalue weighted by molar-refractivity contribution is 7.99. The van der Waals surface area contributed by atoms with Crippen molar-refractivity contribution in [2.24, 2.45) is 0 Å². The molecule has 0 unspecified atom stereocenters. The predicted octanol–water partition coefficient (Wildman–Crippen LogP) is 4.65. The molecule has 0 radical (unpaired) electrons. The third kappa shape index (κ3) is 5.31. The number of nitrogens with zero attached hydrogens (tertiary/aromatic N) is 6. The second kappa shape index (κ2) is 11.7. The Kier molecular flexibility index (Phi) is 7.93. The number of aromatic nitrogens is 2. The van der Waals surface area contributed by atoms with Crippen molar-refractivity contribution in [3.63, 3.8) is 0 Å². The minimum atomic E-state index is -0.710. The monoisotopic (exact) mass is 640 g/mol.